The van der Waals surface area contributed by atoms with Crippen LogP contribution in [0.1, 0.15) is 50.4 Å². The first-order valence-electron chi connectivity index (χ1n) is 11.5. The maximum atomic E-state index is 13.6. The number of phenolic OH excluding ortho intramolecular Hbond substituents is 1. The number of ether oxygens (including phenoxy) is 1. The number of para-hydroxylation sites is 1. The zero-order valence-electron chi connectivity index (χ0n) is 21.4. The van der Waals surface area contributed by atoms with Gasteiger partial charge in [-0.15, -0.1) is 0 Å². The predicted molar refractivity (Wildman–Crippen MR) is 138 cm³/mol. The van der Waals surface area contributed by atoms with Crippen LogP contribution in [-0.4, -0.2) is 57.8 Å². The lowest BCUT2D eigenvalue weighted by Gasteiger charge is -2.33. The van der Waals surface area contributed by atoms with Gasteiger partial charge in [-0.2, -0.15) is 0 Å². The summed E-state index contributed by atoms with van der Waals surface area (Å²) >= 11 is 6.30. The van der Waals surface area contributed by atoms with Crippen LogP contribution in [0.15, 0.2) is 36.4 Å². The maximum Gasteiger partial charge on any atom is 0.408 e. The number of anilines is 1. The second kappa shape index (κ2) is 12.1. The topological polar surface area (TPSA) is 128 Å². The molecule has 2 rings (SSSR count). The van der Waals surface area contributed by atoms with Gasteiger partial charge in [-0.1, -0.05) is 29.8 Å². The van der Waals surface area contributed by atoms with Crippen molar-refractivity contribution in [1.29, 1.82) is 0 Å². The highest BCUT2D eigenvalue weighted by molar-refractivity contribution is 6.34. The van der Waals surface area contributed by atoms with Gasteiger partial charge >= 0.3 is 6.09 Å². The van der Waals surface area contributed by atoms with E-state index in [0.717, 1.165) is 5.56 Å². The van der Waals surface area contributed by atoms with E-state index in [1.807, 2.05) is 0 Å². The van der Waals surface area contributed by atoms with Crippen LogP contribution in [0.25, 0.3) is 0 Å². The number of amides is 3. The summed E-state index contributed by atoms with van der Waals surface area (Å²) in [7, 11) is 0. The van der Waals surface area contributed by atoms with Gasteiger partial charge in [-0.25, -0.2) is 4.79 Å². The van der Waals surface area contributed by atoms with E-state index in [1.54, 1.807) is 58.9 Å². The van der Waals surface area contributed by atoms with E-state index in [9.17, 15) is 24.6 Å². The lowest BCUT2D eigenvalue weighted by molar-refractivity contribution is -0.141. The third kappa shape index (κ3) is 7.60. The number of carbonyl (C=O) groups is 3. The molecule has 2 atom stereocenters. The van der Waals surface area contributed by atoms with E-state index >= 15 is 0 Å². The zero-order chi connectivity index (χ0) is 27.2. The first kappa shape index (κ1) is 28.9. The van der Waals surface area contributed by atoms with Gasteiger partial charge < -0.3 is 30.5 Å². The van der Waals surface area contributed by atoms with Crippen molar-refractivity contribution in [2.45, 2.75) is 59.2 Å². The number of nitrogens with one attached hydrogen (secondary N) is 2. The van der Waals surface area contributed by atoms with Gasteiger partial charge in [-0.05, 0) is 76.4 Å². The van der Waals surface area contributed by atoms with Crippen molar-refractivity contribution in [1.82, 2.24) is 10.2 Å². The SMILES string of the molecule is Cc1cc(C(C(=O)Nc2c(C)cccc2Cl)N(CCO)C(=O)C(C)NC(=O)OC(C)(C)C)ccc1O. The summed E-state index contributed by atoms with van der Waals surface area (Å²) in [5.74, 6) is -1.17. The average molecular weight is 520 g/mol. The van der Waals surface area contributed by atoms with Crippen LogP contribution in [0.5, 0.6) is 5.75 Å². The fourth-order valence-corrected chi connectivity index (χ4v) is 3.84. The Morgan fingerprint density at radius 3 is 2.33 bits per heavy atom. The molecule has 0 aromatic heterocycles. The molecule has 0 aliphatic heterocycles. The van der Waals surface area contributed by atoms with Crippen LogP contribution in [0, 0.1) is 13.8 Å². The number of benzene rings is 2. The highest BCUT2D eigenvalue weighted by Gasteiger charge is 2.35. The summed E-state index contributed by atoms with van der Waals surface area (Å²) in [5.41, 5.74) is 1.24. The molecule has 10 heteroatoms. The number of hydrogen-bond acceptors (Lipinski definition) is 6. The summed E-state index contributed by atoms with van der Waals surface area (Å²) in [5, 5.41) is 25.4. The van der Waals surface area contributed by atoms with Gasteiger partial charge in [0, 0.05) is 6.54 Å². The van der Waals surface area contributed by atoms with Crippen LogP contribution < -0.4 is 10.6 Å². The number of hydrogen-bond donors (Lipinski definition) is 4. The molecule has 9 nitrogen and oxygen atoms in total. The summed E-state index contributed by atoms with van der Waals surface area (Å²) in [6.07, 6.45) is -0.791. The van der Waals surface area contributed by atoms with Gasteiger partial charge in [0.2, 0.25) is 5.91 Å². The van der Waals surface area contributed by atoms with E-state index in [0.29, 0.717) is 21.8 Å². The van der Waals surface area contributed by atoms with Crippen LogP contribution in [-0.2, 0) is 14.3 Å². The standard InChI is InChI=1S/C26H34ClN3O6/c1-15-8-7-9-19(27)21(15)29-23(33)22(18-10-11-20(32)16(2)14-18)30(12-13-31)24(34)17(3)28-25(35)36-26(4,5)6/h7-11,14,17,22,31-32H,12-13H2,1-6H3,(H,28,35)(H,29,33). The quantitative estimate of drug-likeness (QED) is 0.416. The van der Waals surface area contributed by atoms with Gasteiger partial charge in [0.25, 0.3) is 5.91 Å². The van der Waals surface area contributed by atoms with E-state index < -0.39 is 42.2 Å². The third-order valence-electron chi connectivity index (χ3n) is 5.29. The minimum Gasteiger partial charge on any atom is -0.508 e. The number of carbonyl (C=O) groups excluding carboxylic acids is 3. The minimum absolute atomic E-state index is 0.0276. The summed E-state index contributed by atoms with van der Waals surface area (Å²) in [4.78, 5) is 40.6. The number of aliphatic hydroxyl groups is 1. The van der Waals surface area contributed by atoms with Crippen LogP contribution in [0.3, 0.4) is 0 Å². The molecule has 2 aromatic carbocycles. The lowest BCUT2D eigenvalue weighted by atomic mass is 10.00. The number of halogens is 1. The largest absolute Gasteiger partial charge is 0.508 e. The van der Waals surface area contributed by atoms with Crippen molar-refractivity contribution in [3.63, 3.8) is 0 Å². The molecule has 0 radical (unpaired) electrons. The molecule has 0 fully saturated rings. The minimum atomic E-state index is -1.21. The molecule has 36 heavy (non-hydrogen) atoms. The Kier molecular flexibility index (Phi) is 9.72. The van der Waals surface area contributed by atoms with Crippen LogP contribution in [0.2, 0.25) is 5.02 Å². The van der Waals surface area contributed by atoms with Gasteiger partial charge in [-0.3, -0.25) is 9.59 Å². The summed E-state index contributed by atoms with van der Waals surface area (Å²) in [6, 6.07) is 7.43. The van der Waals surface area contributed by atoms with Crippen molar-refractivity contribution in [3.8, 4) is 5.75 Å². The molecule has 3 amide bonds. The smallest absolute Gasteiger partial charge is 0.408 e. The van der Waals surface area contributed by atoms with Crippen molar-refractivity contribution >= 4 is 35.2 Å². The maximum absolute atomic E-state index is 13.6. The number of rotatable bonds is 8. The Hall–Kier alpha value is -3.30. The Balaban J connectivity index is 2.47. The highest BCUT2D eigenvalue weighted by Crippen LogP contribution is 2.31. The molecular formula is C26H34ClN3O6. The third-order valence-corrected chi connectivity index (χ3v) is 5.61. The van der Waals surface area contributed by atoms with Gasteiger partial charge in [0.05, 0.1) is 17.3 Å². The van der Waals surface area contributed by atoms with Gasteiger partial charge in [0.15, 0.2) is 0 Å². The second-order valence-electron chi connectivity index (χ2n) is 9.49. The van der Waals surface area contributed by atoms with Crippen molar-refractivity contribution in [2.24, 2.45) is 0 Å². The van der Waals surface area contributed by atoms with E-state index in [1.165, 1.54) is 24.0 Å². The Morgan fingerprint density at radius 2 is 1.78 bits per heavy atom. The van der Waals surface area contributed by atoms with Crippen LogP contribution >= 0.6 is 11.6 Å². The number of phenols is 1. The molecule has 0 heterocycles. The number of aliphatic hydroxyl groups excluding tert-OH is 1. The molecule has 0 aliphatic rings. The number of nitrogens with zero attached hydrogens (tertiary/aromatic N) is 1. The molecule has 196 valence electrons. The predicted octanol–water partition coefficient (Wildman–Crippen LogP) is 4.08. The number of aryl methyl sites for hydroxylation is 2. The number of alkyl carbamates (subject to hydrolysis) is 1. The Labute approximate surface area is 216 Å². The highest BCUT2D eigenvalue weighted by atomic mass is 35.5. The van der Waals surface area contributed by atoms with Crippen molar-refractivity contribution in [3.05, 3.63) is 58.1 Å². The normalized spacial score (nSPS) is 12.9. The monoisotopic (exact) mass is 519 g/mol. The average Bonchev–Trinajstić information content (AvgIpc) is 2.76. The second-order valence-corrected chi connectivity index (χ2v) is 9.90. The molecule has 0 saturated heterocycles. The first-order chi connectivity index (χ1) is 16.7. The lowest BCUT2D eigenvalue weighted by Crippen LogP contribution is -2.52. The van der Waals surface area contributed by atoms with Crippen LogP contribution in [0.4, 0.5) is 10.5 Å². The van der Waals surface area contributed by atoms with E-state index in [-0.39, 0.29) is 12.3 Å². The molecular weight excluding hydrogens is 486 g/mol. The molecule has 0 saturated carbocycles. The van der Waals surface area contributed by atoms with E-state index in [2.05, 4.69) is 10.6 Å². The molecule has 4 N–H and O–H groups in total. The Morgan fingerprint density at radius 1 is 1.11 bits per heavy atom. The fraction of sp³-hybridized carbons (Fsp3) is 0.423. The van der Waals surface area contributed by atoms with Gasteiger partial charge in [0.1, 0.15) is 23.4 Å². The summed E-state index contributed by atoms with van der Waals surface area (Å²) in [6.45, 7) is 9.37. The number of aromatic hydroxyl groups is 1. The molecule has 0 bridgehead atoms. The molecule has 0 aliphatic carbocycles. The Bertz CT molecular complexity index is 1100. The first-order valence-corrected chi connectivity index (χ1v) is 11.9. The van der Waals surface area contributed by atoms with E-state index in [4.69, 9.17) is 16.3 Å². The van der Waals surface area contributed by atoms with Crippen molar-refractivity contribution in [2.75, 3.05) is 18.5 Å². The molecule has 2 unspecified atom stereocenters. The molecule has 2 aromatic rings. The van der Waals surface area contributed by atoms with Crippen molar-refractivity contribution < 1.29 is 29.3 Å². The zero-order valence-corrected chi connectivity index (χ0v) is 22.1. The molecule has 0 spiro atoms. The fourth-order valence-electron chi connectivity index (χ4n) is 3.57. The summed E-state index contributed by atoms with van der Waals surface area (Å²) < 4.78 is 5.23.